The van der Waals surface area contributed by atoms with Gasteiger partial charge in [-0.3, -0.25) is 9.69 Å². The van der Waals surface area contributed by atoms with Gasteiger partial charge in [0, 0.05) is 19.6 Å². The van der Waals surface area contributed by atoms with Gasteiger partial charge in [0.15, 0.2) is 0 Å². The second-order valence-corrected chi connectivity index (χ2v) is 5.58. The number of benzene rings is 1. The van der Waals surface area contributed by atoms with Crippen LogP contribution in [0.2, 0.25) is 5.02 Å². The number of carbonyl (C=O) groups is 1. The third-order valence-corrected chi connectivity index (χ3v) is 3.57. The monoisotopic (exact) mass is 334 g/mol. The van der Waals surface area contributed by atoms with Crippen LogP contribution < -0.4 is 10.5 Å². The number of hydrogen-bond donors (Lipinski definition) is 1. The molecule has 1 aliphatic rings. The number of morpholine rings is 1. The minimum atomic E-state index is -2.92. The first-order valence-electron chi connectivity index (χ1n) is 6.75. The summed E-state index contributed by atoms with van der Waals surface area (Å²) in [5.41, 5.74) is 6.10. The second-order valence-electron chi connectivity index (χ2n) is 5.18. The molecule has 2 atom stereocenters. The maximum atomic E-state index is 12.2. The Labute approximate surface area is 131 Å². The molecule has 1 fully saturated rings. The van der Waals surface area contributed by atoms with Crippen LogP contribution in [-0.2, 0) is 16.1 Å². The van der Waals surface area contributed by atoms with E-state index in [2.05, 4.69) is 4.74 Å². The lowest BCUT2D eigenvalue weighted by atomic mass is 10.1. The average Bonchev–Trinajstić information content (AvgIpc) is 2.40. The lowest BCUT2D eigenvalue weighted by Gasteiger charge is -2.35. The molecule has 1 amide bonds. The fourth-order valence-electron chi connectivity index (χ4n) is 2.42. The highest BCUT2D eigenvalue weighted by Crippen LogP contribution is 2.27. The van der Waals surface area contributed by atoms with Gasteiger partial charge < -0.3 is 15.2 Å². The Balaban J connectivity index is 2.03. The van der Waals surface area contributed by atoms with Crippen molar-refractivity contribution in [2.45, 2.75) is 32.3 Å². The van der Waals surface area contributed by atoms with Crippen molar-refractivity contribution in [2.24, 2.45) is 5.73 Å². The van der Waals surface area contributed by atoms with Crippen LogP contribution in [0.3, 0.4) is 0 Å². The van der Waals surface area contributed by atoms with Crippen LogP contribution >= 0.6 is 11.6 Å². The SMILES string of the molecule is C[C@@H]1CN(Cc2ccc(OC(F)F)c(Cl)c2)C[C@@H](C(N)=O)O1. The Morgan fingerprint density at radius 2 is 2.27 bits per heavy atom. The zero-order valence-corrected chi connectivity index (χ0v) is 12.7. The van der Waals surface area contributed by atoms with E-state index in [1.165, 1.54) is 6.07 Å². The third-order valence-electron chi connectivity index (χ3n) is 3.27. The molecule has 0 unspecified atom stereocenters. The van der Waals surface area contributed by atoms with E-state index in [1.54, 1.807) is 12.1 Å². The fourth-order valence-corrected chi connectivity index (χ4v) is 2.67. The quantitative estimate of drug-likeness (QED) is 0.894. The van der Waals surface area contributed by atoms with Gasteiger partial charge in [-0.25, -0.2) is 0 Å². The first kappa shape index (κ1) is 16.9. The van der Waals surface area contributed by atoms with Gasteiger partial charge in [0.1, 0.15) is 11.9 Å². The molecule has 1 aromatic carbocycles. The molecule has 0 radical (unpaired) electrons. The number of amides is 1. The number of nitrogens with two attached hydrogens (primary N) is 1. The molecule has 5 nitrogen and oxygen atoms in total. The number of halogens is 3. The number of primary amides is 1. The van der Waals surface area contributed by atoms with Crippen LogP contribution in [0, 0.1) is 0 Å². The zero-order chi connectivity index (χ0) is 16.3. The minimum absolute atomic E-state index is 0.0641. The molecule has 2 N–H and O–H groups in total. The van der Waals surface area contributed by atoms with Crippen molar-refractivity contribution < 1.29 is 23.0 Å². The number of alkyl halides is 2. The smallest absolute Gasteiger partial charge is 0.387 e. The van der Waals surface area contributed by atoms with Gasteiger partial charge in [-0.2, -0.15) is 8.78 Å². The Morgan fingerprint density at radius 3 is 2.86 bits per heavy atom. The van der Waals surface area contributed by atoms with Crippen molar-refractivity contribution in [3.05, 3.63) is 28.8 Å². The standard InChI is InChI=1S/C14H17ClF2N2O3/c1-8-5-19(7-12(21-8)13(18)20)6-9-2-3-11(10(15)4-9)22-14(16)17/h2-4,8,12,14H,5-7H2,1H3,(H2,18,20)/t8-,12+/m1/s1. The van der Waals surface area contributed by atoms with Crippen molar-refractivity contribution in [1.82, 2.24) is 4.90 Å². The maximum absolute atomic E-state index is 12.2. The number of nitrogens with zero attached hydrogens (tertiary/aromatic N) is 1. The van der Waals surface area contributed by atoms with E-state index >= 15 is 0 Å². The summed E-state index contributed by atoms with van der Waals surface area (Å²) in [6.45, 7) is 0.462. The van der Waals surface area contributed by atoms with Crippen molar-refractivity contribution in [3.63, 3.8) is 0 Å². The molecule has 22 heavy (non-hydrogen) atoms. The lowest BCUT2D eigenvalue weighted by molar-refractivity contribution is -0.142. The van der Waals surface area contributed by atoms with Crippen molar-refractivity contribution in [2.75, 3.05) is 13.1 Å². The first-order chi connectivity index (χ1) is 10.3. The molecule has 1 saturated heterocycles. The van der Waals surface area contributed by atoms with E-state index in [4.69, 9.17) is 22.1 Å². The zero-order valence-electron chi connectivity index (χ0n) is 12.0. The molecular formula is C14H17ClF2N2O3. The van der Waals surface area contributed by atoms with E-state index in [-0.39, 0.29) is 16.9 Å². The van der Waals surface area contributed by atoms with Crippen LogP contribution in [0.5, 0.6) is 5.75 Å². The van der Waals surface area contributed by atoms with E-state index in [0.29, 0.717) is 19.6 Å². The van der Waals surface area contributed by atoms with E-state index in [0.717, 1.165) is 5.56 Å². The number of ether oxygens (including phenoxy) is 2. The molecule has 1 heterocycles. The molecule has 1 aliphatic heterocycles. The number of rotatable bonds is 5. The summed E-state index contributed by atoms with van der Waals surface area (Å²) in [4.78, 5) is 13.3. The first-order valence-corrected chi connectivity index (χ1v) is 7.13. The highest BCUT2D eigenvalue weighted by molar-refractivity contribution is 6.32. The number of carbonyl (C=O) groups excluding carboxylic acids is 1. The van der Waals surface area contributed by atoms with Crippen LogP contribution in [0.1, 0.15) is 12.5 Å². The molecular weight excluding hydrogens is 318 g/mol. The summed E-state index contributed by atoms with van der Waals surface area (Å²) in [5.74, 6) is -0.568. The highest BCUT2D eigenvalue weighted by Gasteiger charge is 2.28. The molecule has 0 aliphatic carbocycles. The molecule has 1 aromatic rings. The molecule has 0 bridgehead atoms. The molecule has 2 rings (SSSR count). The van der Waals surface area contributed by atoms with Gasteiger partial charge in [0.2, 0.25) is 5.91 Å². The van der Waals surface area contributed by atoms with Crippen LogP contribution in [0.25, 0.3) is 0 Å². The fraction of sp³-hybridized carbons (Fsp3) is 0.500. The van der Waals surface area contributed by atoms with E-state index in [1.807, 2.05) is 11.8 Å². The van der Waals surface area contributed by atoms with E-state index in [9.17, 15) is 13.6 Å². The lowest BCUT2D eigenvalue weighted by Crippen LogP contribution is -2.51. The summed E-state index contributed by atoms with van der Waals surface area (Å²) >= 11 is 5.92. The van der Waals surface area contributed by atoms with Gasteiger partial charge in [0.25, 0.3) is 0 Å². The topological polar surface area (TPSA) is 64.8 Å². The molecule has 122 valence electrons. The van der Waals surface area contributed by atoms with Gasteiger partial charge >= 0.3 is 6.61 Å². The molecule has 0 spiro atoms. The Bertz CT molecular complexity index is 545. The van der Waals surface area contributed by atoms with Crippen LogP contribution in [-0.4, -0.2) is 42.7 Å². The van der Waals surface area contributed by atoms with Crippen molar-refractivity contribution in [3.8, 4) is 5.75 Å². The van der Waals surface area contributed by atoms with Crippen LogP contribution in [0.4, 0.5) is 8.78 Å². The molecule has 0 saturated carbocycles. The Hall–Kier alpha value is -1.44. The summed E-state index contributed by atoms with van der Waals surface area (Å²) < 4.78 is 34.1. The van der Waals surface area contributed by atoms with Crippen molar-refractivity contribution >= 4 is 17.5 Å². The largest absolute Gasteiger partial charge is 0.433 e. The summed E-state index contributed by atoms with van der Waals surface area (Å²) in [6, 6.07) is 4.63. The summed E-state index contributed by atoms with van der Waals surface area (Å²) in [5, 5.41) is 0.116. The second kappa shape index (κ2) is 7.21. The Morgan fingerprint density at radius 1 is 1.55 bits per heavy atom. The molecule has 0 aromatic heterocycles. The predicted molar refractivity (Wildman–Crippen MR) is 76.9 cm³/mol. The summed E-state index contributed by atoms with van der Waals surface area (Å²) in [6.07, 6.45) is -0.774. The third kappa shape index (κ3) is 4.53. The van der Waals surface area contributed by atoms with E-state index < -0.39 is 18.6 Å². The number of hydrogen-bond acceptors (Lipinski definition) is 4. The normalized spacial score (nSPS) is 22.8. The predicted octanol–water partition coefficient (Wildman–Crippen LogP) is 2.02. The van der Waals surface area contributed by atoms with Crippen molar-refractivity contribution in [1.29, 1.82) is 0 Å². The van der Waals surface area contributed by atoms with Gasteiger partial charge in [0.05, 0.1) is 11.1 Å². The van der Waals surface area contributed by atoms with Crippen LogP contribution in [0.15, 0.2) is 18.2 Å². The van der Waals surface area contributed by atoms with Gasteiger partial charge in [-0.05, 0) is 24.6 Å². The van der Waals surface area contributed by atoms with Gasteiger partial charge in [-0.1, -0.05) is 17.7 Å². The minimum Gasteiger partial charge on any atom is -0.433 e. The maximum Gasteiger partial charge on any atom is 0.387 e. The van der Waals surface area contributed by atoms with Gasteiger partial charge in [-0.15, -0.1) is 0 Å². The summed E-state index contributed by atoms with van der Waals surface area (Å²) in [7, 11) is 0. The molecule has 8 heteroatoms. The highest BCUT2D eigenvalue weighted by atomic mass is 35.5. The Kier molecular flexibility index (Phi) is 5.55. The average molecular weight is 335 g/mol.